The Kier molecular flexibility index (Phi) is 4.58. The van der Waals surface area contributed by atoms with Crippen LogP contribution in [0.2, 0.25) is 0 Å². The highest BCUT2D eigenvalue weighted by atomic mass is 32.2. The molecule has 0 aliphatic rings. The van der Waals surface area contributed by atoms with Gasteiger partial charge in [0.1, 0.15) is 0 Å². The van der Waals surface area contributed by atoms with Gasteiger partial charge >= 0.3 is 0 Å². The summed E-state index contributed by atoms with van der Waals surface area (Å²) in [5.74, 6) is 0. The number of thioether (sulfide) groups is 1. The smallest absolute Gasteiger partial charge is 0.0162 e. The van der Waals surface area contributed by atoms with Gasteiger partial charge in [-0.2, -0.15) is 0 Å². The van der Waals surface area contributed by atoms with E-state index in [1.54, 1.807) is 0 Å². The van der Waals surface area contributed by atoms with Crippen molar-refractivity contribution < 1.29 is 0 Å². The predicted molar refractivity (Wildman–Crippen MR) is 103 cm³/mol. The van der Waals surface area contributed by atoms with Crippen LogP contribution in [0.1, 0.15) is 20.8 Å². The molecule has 0 radical (unpaired) electrons. The van der Waals surface area contributed by atoms with Gasteiger partial charge in [0.15, 0.2) is 0 Å². The summed E-state index contributed by atoms with van der Waals surface area (Å²) in [5, 5.41) is 0. The zero-order valence-electron chi connectivity index (χ0n) is 13.9. The van der Waals surface area contributed by atoms with E-state index in [-0.39, 0.29) is 4.75 Å². The molecule has 0 aliphatic heterocycles. The van der Waals surface area contributed by atoms with Crippen LogP contribution in [0.15, 0.2) is 83.8 Å². The Hall–Kier alpha value is -1.99. The van der Waals surface area contributed by atoms with Crippen LogP contribution in [-0.2, 0) is 0 Å². The molecule has 0 spiro atoms. The Balaban J connectivity index is 2.22. The number of hydrogen-bond donors (Lipinski definition) is 0. The van der Waals surface area contributed by atoms with Crippen molar-refractivity contribution in [3.63, 3.8) is 0 Å². The molecule has 0 heterocycles. The monoisotopic (exact) mass is 318 g/mol. The largest absolute Gasteiger partial charge is 0.120 e. The standard InChI is InChI=1S/C22H22S/c1-22(2,3)23-20-16-10-15-19(17-11-6-4-7-12-17)21(20)18-13-8-5-9-14-18/h4-16H,1-3H3. The summed E-state index contributed by atoms with van der Waals surface area (Å²) >= 11 is 1.93. The second-order valence-corrected chi connectivity index (χ2v) is 8.49. The first-order chi connectivity index (χ1) is 11.0. The predicted octanol–water partition coefficient (Wildman–Crippen LogP) is 6.91. The van der Waals surface area contributed by atoms with Gasteiger partial charge in [0.25, 0.3) is 0 Å². The number of hydrogen-bond acceptors (Lipinski definition) is 1. The zero-order chi connectivity index (χ0) is 16.3. The SMILES string of the molecule is CC(C)(C)Sc1cccc(-c2ccccc2)c1-c1ccccc1. The summed E-state index contributed by atoms with van der Waals surface area (Å²) in [7, 11) is 0. The first kappa shape index (κ1) is 15.9. The third-order valence-corrected chi connectivity index (χ3v) is 4.76. The van der Waals surface area contributed by atoms with Crippen molar-refractivity contribution in [3.8, 4) is 22.3 Å². The second kappa shape index (κ2) is 6.64. The third kappa shape index (κ3) is 3.86. The van der Waals surface area contributed by atoms with Gasteiger partial charge in [-0.15, -0.1) is 11.8 Å². The number of rotatable bonds is 3. The van der Waals surface area contributed by atoms with Crippen molar-refractivity contribution in [1.29, 1.82) is 0 Å². The van der Waals surface area contributed by atoms with Gasteiger partial charge in [-0.25, -0.2) is 0 Å². The summed E-state index contributed by atoms with van der Waals surface area (Å²) in [6, 6.07) is 28.0. The molecule has 0 unspecified atom stereocenters. The van der Waals surface area contributed by atoms with Crippen LogP contribution in [0.4, 0.5) is 0 Å². The van der Waals surface area contributed by atoms with Crippen LogP contribution >= 0.6 is 11.8 Å². The molecule has 1 heteroatoms. The molecule has 0 saturated carbocycles. The van der Waals surface area contributed by atoms with Crippen molar-refractivity contribution in [3.05, 3.63) is 78.9 Å². The van der Waals surface area contributed by atoms with Crippen molar-refractivity contribution in [2.75, 3.05) is 0 Å². The molecule has 0 atom stereocenters. The molecule has 0 bridgehead atoms. The molecule has 0 aliphatic carbocycles. The van der Waals surface area contributed by atoms with E-state index in [4.69, 9.17) is 0 Å². The van der Waals surface area contributed by atoms with Crippen LogP contribution < -0.4 is 0 Å². The fraction of sp³-hybridized carbons (Fsp3) is 0.182. The van der Waals surface area contributed by atoms with E-state index in [0.717, 1.165) is 0 Å². The van der Waals surface area contributed by atoms with Crippen LogP contribution in [-0.4, -0.2) is 4.75 Å². The maximum Gasteiger partial charge on any atom is 0.0162 e. The lowest BCUT2D eigenvalue weighted by molar-refractivity contribution is 0.803. The van der Waals surface area contributed by atoms with Crippen LogP contribution in [0, 0.1) is 0 Å². The third-order valence-electron chi connectivity index (χ3n) is 3.59. The lowest BCUT2D eigenvalue weighted by atomic mass is 9.94. The van der Waals surface area contributed by atoms with E-state index in [1.165, 1.54) is 27.1 Å². The summed E-state index contributed by atoms with van der Waals surface area (Å²) in [5.41, 5.74) is 5.17. The van der Waals surface area contributed by atoms with Crippen molar-refractivity contribution in [2.24, 2.45) is 0 Å². The maximum absolute atomic E-state index is 2.27. The summed E-state index contributed by atoms with van der Waals surface area (Å²) in [6.07, 6.45) is 0. The summed E-state index contributed by atoms with van der Waals surface area (Å²) in [4.78, 5) is 1.34. The van der Waals surface area contributed by atoms with Gasteiger partial charge < -0.3 is 0 Å². The fourth-order valence-electron chi connectivity index (χ4n) is 2.71. The highest BCUT2D eigenvalue weighted by Gasteiger charge is 2.18. The fourth-order valence-corrected chi connectivity index (χ4v) is 3.84. The molecule has 116 valence electrons. The maximum atomic E-state index is 2.27. The van der Waals surface area contributed by atoms with Crippen LogP contribution in [0.3, 0.4) is 0 Å². The summed E-state index contributed by atoms with van der Waals surface area (Å²) < 4.78 is 0.179. The average molecular weight is 318 g/mol. The lowest BCUT2D eigenvalue weighted by Crippen LogP contribution is -2.07. The molecule has 3 aromatic carbocycles. The van der Waals surface area contributed by atoms with Crippen molar-refractivity contribution in [1.82, 2.24) is 0 Å². The van der Waals surface area contributed by atoms with E-state index < -0.39 is 0 Å². The number of benzene rings is 3. The van der Waals surface area contributed by atoms with Gasteiger partial charge in [0.2, 0.25) is 0 Å². The molecule has 0 saturated heterocycles. The molecule has 23 heavy (non-hydrogen) atoms. The van der Waals surface area contributed by atoms with Crippen molar-refractivity contribution in [2.45, 2.75) is 30.4 Å². The van der Waals surface area contributed by atoms with Gasteiger partial charge in [-0.05, 0) is 22.8 Å². The highest BCUT2D eigenvalue weighted by Crippen LogP contribution is 2.43. The Labute approximate surface area is 143 Å². The lowest BCUT2D eigenvalue weighted by Gasteiger charge is -2.22. The highest BCUT2D eigenvalue weighted by molar-refractivity contribution is 8.00. The van der Waals surface area contributed by atoms with E-state index in [2.05, 4.69) is 99.6 Å². The molecular weight excluding hydrogens is 296 g/mol. The minimum Gasteiger partial charge on any atom is -0.120 e. The minimum atomic E-state index is 0.179. The molecule has 0 nitrogen and oxygen atoms in total. The topological polar surface area (TPSA) is 0 Å². The first-order valence-electron chi connectivity index (χ1n) is 7.97. The molecule has 3 rings (SSSR count). The van der Waals surface area contributed by atoms with E-state index >= 15 is 0 Å². The van der Waals surface area contributed by atoms with E-state index in [1.807, 2.05) is 11.8 Å². The molecule has 0 aromatic heterocycles. The van der Waals surface area contributed by atoms with Gasteiger partial charge in [0.05, 0.1) is 0 Å². The quantitative estimate of drug-likeness (QED) is 0.473. The van der Waals surface area contributed by atoms with E-state index in [0.29, 0.717) is 0 Å². The Morgan fingerprint density at radius 1 is 0.609 bits per heavy atom. The van der Waals surface area contributed by atoms with E-state index in [9.17, 15) is 0 Å². The molecule has 0 fully saturated rings. The zero-order valence-corrected chi connectivity index (χ0v) is 14.7. The average Bonchev–Trinajstić information content (AvgIpc) is 2.55. The van der Waals surface area contributed by atoms with Crippen LogP contribution in [0.25, 0.3) is 22.3 Å². The normalized spacial score (nSPS) is 11.4. The van der Waals surface area contributed by atoms with Crippen molar-refractivity contribution >= 4 is 11.8 Å². The van der Waals surface area contributed by atoms with Gasteiger partial charge in [-0.3, -0.25) is 0 Å². The molecular formula is C22H22S. The Morgan fingerprint density at radius 3 is 1.74 bits per heavy atom. The van der Waals surface area contributed by atoms with Gasteiger partial charge in [-0.1, -0.05) is 93.6 Å². The molecule has 0 amide bonds. The Morgan fingerprint density at radius 2 is 1.17 bits per heavy atom. The van der Waals surface area contributed by atoms with Crippen LogP contribution in [0.5, 0.6) is 0 Å². The second-order valence-electron chi connectivity index (χ2n) is 6.63. The van der Waals surface area contributed by atoms with Gasteiger partial charge in [0, 0.05) is 15.2 Å². The minimum absolute atomic E-state index is 0.179. The first-order valence-corrected chi connectivity index (χ1v) is 8.79. The molecule has 0 N–H and O–H groups in total. The Bertz CT molecular complexity index is 768. The summed E-state index contributed by atoms with van der Waals surface area (Å²) in [6.45, 7) is 6.80. The molecule has 3 aromatic rings.